The van der Waals surface area contributed by atoms with Gasteiger partial charge in [-0.3, -0.25) is 0 Å². The van der Waals surface area contributed by atoms with E-state index >= 15 is 0 Å². The van der Waals surface area contributed by atoms with Gasteiger partial charge in [-0.25, -0.2) is 4.79 Å². The molecule has 2 nitrogen and oxygen atoms in total. The number of benzene rings is 2. The van der Waals surface area contributed by atoms with Crippen molar-refractivity contribution in [2.24, 2.45) is 0 Å². The van der Waals surface area contributed by atoms with Gasteiger partial charge in [0, 0.05) is 11.1 Å². The number of rotatable bonds is 3. The van der Waals surface area contributed by atoms with Crippen LogP contribution in [0.3, 0.4) is 0 Å². The van der Waals surface area contributed by atoms with Crippen molar-refractivity contribution < 1.29 is 9.53 Å². The van der Waals surface area contributed by atoms with Crippen molar-refractivity contribution >= 4 is 39.6 Å². The highest BCUT2D eigenvalue weighted by Gasteiger charge is 2.05. The Balaban J connectivity index is 2.03. The first-order chi connectivity index (χ1) is 9.54. The Morgan fingerprint density at radius 1 is 1.20 bits per heavy atom. The molecule has 0 aromatic heterocycles. The minimum atomic E-state index is -0.426. The number of ether oxygens (including phenoxy) is 1. The van der Waals surface area contributed by atoms with Gasteiger partial charge in [0.1, 0.15) is 5.75 Å². The molecule has 0 N–H and O–H groups in total. The van der Waals surface area contributed by atoms with Crippen molar-refractivity contribution in [3.8, 4) is 5.75 Å². The first kappa shape index (κ1) is 14.8. The van der Waals surface area contributed by atoms with Crippen LogP contribution in [0.1, 0.15) is 11.1 Å². The van der Waals surface area contributed by atoms with Gasteiger partial charge >= 0.3 is 5.97 Å². The molecule has 0 amide bonds. The summed E-state index contributed by atoms with van der Waals surface area (Å²) in [5, 5.41) is 0.660. The zero-order chi connectivity index (χ0) is 14.5. The largest absolute Gasteiger partial charge is 0.422 e. The molecule has 0 saturated heterocycles. The number of carbonyl (C=O) groups is 1. The second kappa shape index (κ2) is 6.73. The summed E-state index contributed by atoms with van der Waals surface area (Å²) in [5.74, 6) is 0.0749. The van der Waals surface area contributed by atoms with Crippen LogP contribution >= 0.6 is 27.5 Å². The number of carbonyl (C=O) groups excluding carboxylic acids is 1. The van der Waals surface area contributed by atoms with Gasteiger partial charge in [-0.1, -0.05) is 29.8 Å². The predicted octanol–water partition coefficient (Wildman–Crippen LogP) is 5.03. The maximum atomic E-state index is 11.7. The second-order valence-corrected chi connectivity index (χ2v) is 5.53. The van der Waals surface area contributed by atoms with Crippen LogP contribution in [0.25, 0.3) is 6.08 Å². The summed E-state index contributed by atoms with van der Waals surface area (Å²) in [5.41, 5.74) is 1.97. The molecule has 2 rings (SSSR count). The molecule has 0 saturated carbocycles. The summed E-state index contributed by atoms with van der Waals surface area (Å²) in [4.78, 5) is 11.7. The Morgan fingerprint density at radius 3 is 2.55 bits per heavy atom. The average molecular weight is 352 g/mol. The number of aryl methyl sites for hydroxylation is 1. The van der Waals surface area contributed by atoms with Crippen LogP contribution < -0.4 is 4.74 Å². The first-order valence-electron chi connectivity index (χ1n) is 5.96. The van der Waals surface area contributed by atoms with Crippen molar-refractivity contribution in [2.45, 2.75) is 6.92 Å². The van der Waals surface area contributed by atoms with E-state index in [2.05, 4.69) is 15.9 Å². The van der Waals surface area contributed by atoms with Gasteiger partial charge in [0.2, 0.25) is 0 Å². The summed E-state index contributed by atoms with van der Waals surface area (Å²) in [6, 6.07) is 12.7. The van der Waals surface area contributed by atoms with Crippen LogP contribution in [-0.4, -0.2) is 5.97 Å². The lowest BCUT2D eigenvalue weighted by molar-refractivity contribution is -0.128. The van der Waals surface area contributed by atoms with Gasteiger partial charge in [0.05, 0.1) is 4.47 Å². The van der Waals surface area contributed by atoms with E-state index in [0.717, 1.165) is 15.6 Å². The van der Waals surface area contributed by atoms with Gasteiger partial charge in [-0.15, -0.1) is 0 Å². The number of esters is 1. The number of hydrogen-bond acceptors (Lipinski definition) is 2. The fourth-order valence-corrected chi connectivity index (χ4v) is 2.27. The van der Waals surface area contributed by atoms with E-state index in [1.54, 1.807) is 24.3 Å². The summed E-state index contributed by atoms with van der Waals surface area (Å²) in [7, 11) is 0. The van der Waals surface area contributed by atoms with Crippen LogP contribution in [0, 0.1) is 6.92 Å². The SMILES string of the molecule is Cc1ccc(OC(=O)/C=C/c2ccc(Cl)cc2)c(Br)c1. The molecule has 0 atom stereocenters. The smallest absolute Gasteiger partial charge is 0.336 e. The van der Waals surface area contributed by atoms with Gasteiger partial charge in [-0.05, 0) is 64.3 Å². The lowest BCUT2D eigenvalue weighted by atomic mass is 10.2. The highest BCUT2D eigenvalue weighted by molar-refractivity contribution is 9.10. The third kappa shape index (κ3) is 4.22. The Morgan fingerprint density at radius 2 is 1.90 bits per heavy atom. The molecule has 0 spiro atoms. The van der Waals surface area contributed by atoms with Crippen molar-refractivity contribution in [2.75, 3.05) is 0 Å². The highest BCUT2D eigenvalue weighted by Crippen LogP contribution is 2.25. The van der Waals surface area contributed by atoms with Gasteiger partial charge in [0.25, 0.3) is 0 Å². The summed E-state index contributed by atoms with van der Waals surface area (Å²) in [6.07, 6.45) is 3.07. The molecule has 0 aliphatic heterocycles. The van der Waals surface area contributed by atoms with Crippen molar-refractivity contribution in [1.82, 2.24) is 0 Å². The van der Waals surface area contributed by atoms with E-state index in [-0.39, 0.29) is 0 Å². The number of hydrogen-bond donors (Lipinski definition) is 0. The van der Waals surface area contributed by atoms with Crippen molar-refractivity contribution in [1.29, 1.82) is 0 Å². The van der Waals surface area contributed by atoms with Crippen molar-refractivity contribution in [3.05, 3.63) is 69.2 Å². The molecule has 2 aromatic rings. The summed E-state index contributed by atoms with van der Waals surface area (Å²) >= 11 is 9.15. The van der Waals surface area contributed by atoms with Crippen LogP contribution in [-0.2, 0) is 4.79 Å². The summed E-state index contributed by atoms with van der Waals surface area (Å²) in [6.45, 7) is 1.97. The zero-order valence-electron chi connectivity index (χ0n) is 10.8. The van der Waals surface area contributed by atoms with Gasteiger partial charge < -0.3 is 4.74 Å². The molecular weight excluding hydrogens is 340 g/mol. The predicted molar refractivity (Wildman–Crippen MR) is 85.0 cm³/mol. The van der Waals surface area contributed by atoms with E-state index in [4.69, 9.17) is 16.3 Å². The van der Waals surface area contributed by atoms with Crippen LogP contribution in [0.4, 0.5) is 0 Å². The van der Waals surface area contributed by atoms with E-state index in [1.807, 2.05) is 31.2 Å². The molecule has 0 bridgehead atoms. The minimum Gasteiger partial charge on any atom is -0.422 e. The van der Waals surface area contributed by atoms with E-state index in [1.165, 1.54) is 6.08 Å². The zero-order valence-corrected chi connectivity index (χ0v) is 13.1. The van der Waals surface area contributed by atoms with E-state index in [9.17, 15) is 4.79 Å². The fourth-order valence-electron chi connectivity index (χ4n) is 1.57. The maximum absolute atomic E-state index is 11.7. The Bertz CT molecular complexity index is 648. The molecule has 4 heteroatoms. The average Bonchev–Trinajstić information content (AvgIpc) is 2.41. The normalized spacial score (nSPS) is 10.8. The fraction of sp³-hybridized carbons (Fsp3) is 0.0625. The third-order valence-corrected chi connectivity index (χ3v) is 3.45. The summed E-state index contributed by atoms with van der Waals surface area (Å²) < 4.78 is 6.00. The Labute approximate surface area is 131 Å². The molecule has 102 valence electrons. The minimum absolute atomic E-state index is 0.426. The van der Waals surface area contributed by atoms with Crippen LogP contribution in [0.2, 0.25) is 5.02 Å². The second-order valence-electron chi connectivity index (χ2n) is 4.24. The van der Waals surface area contributed by atoms with E-state index in [0.29, 0.717) is 10.8 Å². The van der Waals surface area contributed by atoms with Gasteiger partial charge in [-0.2, -0.15) is 0 Å². The topological polar surface area (TPSA) is 26.3 Å². The van der Waals surface area contributed by atoms with Crippen LogP contribution in [0.15, 0.2) is 53.0 Å². The molecule has 0 radical (unpaired) electrons. The molecule has 0 aliphatic carbocycles. The first-order valence-corrected chi connectivity index (χ1v) is 7.13. The molecule has 0 aliphatic rings. The molecule has 0 fully saturated rings. The monoisotopic (exact) mass is 350 g/mol. The standard InChI is InChI=1S/C16H12BrClO2/c1-11-2-8-15(14(17)10-11)20-16(19)9-5-12-3-6-13(18)7-4-12/h2-10H,1H3/b9-5+. The maximum Gasteiger partial charge on any atom is 0.336 e. The molecule has 0 unspecified atom stereocenters. The van der Waals surface area contributed by atoms with Crippen LogP contribution in [0.5, 0.6) is 5.75 Å². The lowest BCUT2D eigenvalue weighted by Gasteiger charge is -2.04. The third-order valence-electron chi connectivity index (χ3n) is 2.58. The highest BCUT2D eigenvalue weighted by atomic mass is 79.9. The molecule has 20 heavy (non-hydrogen) atoms. The molecule has 2 aromatic carbocycles. The van der Waals surface area contributed by atoms with E-state index < -0.39 is 5.97 Å². The quantitative estimate of drug-likeness (QED) is 0.440. The molecule has 0 heterocycles. The van der Waals surface area contributed by atoms with Crippen molar-refractivity contribution in [3.63, 3.8) is 0 Å². The number of halogens is 2. The Kier molecular flexibility index (Phi) is 4.99. The Hall–Kier alpha value is -1.58. The lowest BCUT2D eigenvalue weighted by Crippen LogP contribution is -2.04. The molecular formula is C16H12BrClO2. The van der Waals surface area contributed by atoms with Gasteiger partial charge in [0.15, 0.2) is 0 Å².